The van der Waals surface area contributed by atoms with Gasteiger partial charge in [-0.15, -0.1) is 0 Å². The molecule has 6 nitrogen and oxygen atoms in total. The standard InChI is InChI=1S/C10H12N4O2S/c1-6-9(7(2)15)10(17-14-6)11-4-3-8-12-5-13-16-8/h5,11H,3-4H2,1-2H3. The molecular formula is C10H12N4O2S. The Labute approximate surface area is 102 Å². The van der Waals surface area contributed by atoms with E-state index in [1.54, 1.807) is 6.92 Å². The quantitative estimate of drug-likeness (QED) is 0.815. The van der Waals surface area contributed by atoms with Crippen LogP contribution in [0.2, 0.25) is 0 Å². The smallest absolute Gasteiger partial charge is 0.228 e. The molecular weight excluding hydrogens is 240 g/mol. The lowest BCUT2D eigenvalue weighted by atomic mass is 10.2. The zero-order valence-corrected chi connectivity index (χ0v) is 10.4. The van der Waals surface area contributed by atoms with E-state index in [0.29, 0.717) is 24.4 Å². The van der Waals surface area contributed by atoms with E-state index in [0.717, 1.165) is 10.7 Å². The number of nitrogens with zero attached hydrogens (tertiary/aromatic N) is 3. The lowest BCUT2D eigenvalue weighted by Gasteiger charge is -2.03. The first-order valence-corrected chi connectivity index (χ1v) is 5.92. The number of hydrogen-bond donors (Lipinski definition) is 1. The number of carbonyl (C=O) groups excluding carboxylic acids is 1. The summed E-state index contributed by atoms with van der Waals surface area (Å²) in [6.45, 7) is 4.00. The van der Waals surface area contributed by atoms with Crippen LogP contribution in [-0.4, -0.2) is 26.8 Å². The molecule has 0 saturated heterocycles. The van der Waals surface area contributed by atoms with Crippen molar-refractivity contribution < 1.29 is 9.32 Å². The molecule has 0 atom stereocenters. The molecule has 0 aromatic carbocycles. The maximum Gasteiger partial charge on any atom is 0.228 e. The number of carbonyl (C=O) groups is 1. The van der Waals surface area contributed by atoms with Gasteiger partial charge in [0.2, 0.25) is 5.89 Å². The monoisotopic (exact) mass is 252 g/mol. The van der Waals surface area contributed by atoms with Crippen LogP contribution in [0, 0.1) is 6.92 Å². The van der Waals surface area contributed by atoms with E-state index in [2.05, 4.69) is 19.8 Å². The predicted octanol–water partition coefficient (Wildman–Crippen LogP) is 1.69. The Kier molecular flexibility index (Phi) is 3.48. The molecule has 0 saturated carbocycles. The maximum atomic E-state index is 11.4. The van der Waals surface area contributed by atoms with Gasteiger partial charge in [0, 0.05) is 13.0 Å². The van der Waals surface area contributed by atoms with Crippen LogP contribution in [0.25, 0.3) is 0 Å². The molecule has 2 aromatic rings. The summed E-state index contributed by atoms with van der Waals surface area (Å²) in [6.07, 6.45) is 1.99. The second kappa shape index (κ2) is 5.05. The van der Waals surface area contributed by atoms with Crippen molar-refractivity contribution in [3.8, 4) is 0 Å². The first kappa shape index (κ1) is 11.7. The van der Waals surface area contributed by atoms with Crippen LogP contribution in [0.5, 0.6) is 0 Å². The van der Waals surface area contributed by atoms with E-state index in [1.165, 1.54) is 17.9 Å². The zero-order chi connectivity index (χ0) is 12.3. The first-order valence-electron chi connectivity index (χ1n) is 5.15. The fourth-order valence-electron chi connectivity index (χ4n) is 1.49. The Morgan fingerprint density at radius 2 is 2.41 bits per heavy atom. The third-order valence-electron chi connectivity index (χ3n) is 2.25. The van der Waals surface area contributed by atoms with Crippen LogP contribution in [-0.2, 0) is 6.42 Å². The average Bonchev–Trinajstić information content (AvgIpc) is 2.88. The van der Waals surface area contributed by atoms with Crippen molar-refractivity contribution in [1.82, 2.24) is 14.5 Å². The average molecular weight is 252 g/mol. The second-order valence-corrected chi connectivity index (χ2v) is 4.31. The molecule has 0 bridgehead atoms. The minimum atomic E-state index is 0.0246. The van der Waals surface area contributed by atoms with E-state index in [4.69, 9.17) is 4.52 Å². The summed E-state index contributed by atoms with van der Waals surface area (Å²) in [5.41, 5.74) is 1.43. The SMILES string of the molecule is CC(=O)c1c(C)nsc1NCCc1ncno1. The number of hydrogen-bond acceptors (Lipinski definition) is 7. The van der Waals surface area contributed by atoms with Gasteiger partial charge in [-0.25, -0.2) is 0 Å². The van der Waals surface area contributed by atoms with Crippen molar-refractivity contribution in [3.63, 3.8) is 0 Å². The van der Waals surface area contributed by atoms with Gasteiger partial charge >= 0.3 is 0 Å². The molecule has 0 amide bonds. The Balaban J connectivity index is 1.97. The Bertz CT molecular complexity index is 506. The molecule has 90 valence electrons. The number of aryl methyl sites for hydroxylation is 1. The Morgan fingerprint density at radius 1 is 1.59 bits per heavy atom. The molecule has 1 N–H and O–H groups in total. The van der Waals surface area contributed by atoms with E-state index in [9.17, 15) is 4.79 Å². The first-order chi connectivity index (χ1) is 8.18. The minimum Gasteiger partial charge on any atom is -0.375 e. The minimum absolute atomic E-state index is 0.0246. The van der Waals surface area contributed by atoms with Gasteiger partial charge in [0.25, 0.3) is 0 Å². The fourth-order valence-corrected chi connectivity index (χ4v) is 2.36. The highest BCUT2D eigenvalue weighted by Crippen LogP contribution is 2.24. The molecule has 7 heteroatoms. The highest BCUT2D eigenvalue weighted by atomic mass is 32.1. The number of ketones is 1. The summed E-state index contributed by atoms with van der Waals surface area (Å²) < 4.78 is 9.03. The molecule has 0 aliphatic carbocycles. The van der Waals surface area contributed by atoms with Crippen molar-refractivity contribution in [2.24, 2.45) is 0 Å². The third-order valence-corrected chi connectivity index (χ3v) is 3.14. The van der Waals surface area contributed by atoms with Crippen LogP contribution in [0.1, 0.15) is 28.9 Å². The van der Waals surface area contributed by atoms with E-state index in [1.807, 2.05) is 6.92 Å². The molecule has 0 unspecified atom stereocenters. The summed E-state index contributed by atoms with van der Waals surface area (Å²) >= 11 is 1.29. The normalized spacial score (nSPS) is 10.5. The van der Waals surface area contributed by atoms with Crippen LogP contribution in [0.4, 0.5) is 5.00 Å². The van der Waals surface area contributed by atoms with Gasteiger partial charge in [0.05, 0.1) is 11.3 Å². The van der Waals surface area contributed by atoms with E-state index < -0.39 is 0 Å². The molecule has 0 aliphatic heterocycles. The molecule has 0 spiro atoms. The summed E-state index contributed by atoms with van der Waals surface area (Å²) in [5, 5.41) is 7.48. The van der Waals surface area contributed by atoms with Gasteiger partial charge in [-0.2, -0.15) is 9.36 Å². The van der Waals surface area contributed by atoms with Gasteiger partial charge in [-0.05, 0) is 25.4 Å². The van der Waals surface area contributed by atoms with Gasteiger partial charge < -0.3 is 9.84 Å². The topological polar surface area (TPSA) is 80.9 Å². The molecule has 2 rings (SSSR count). The third kappa shape index (κ3) is 2.68. The Hall–Kier alpha value is -1.76. The number of anilines is 1. The van der Waals surface area contributed by atoms with Crippen LogP contribution >= 0.6 is 11.5 Å². The van der Waals surface area contributed by atoms with Gasteiger partial charge in [0.15, 0.2) is 12.1 Å². The number of Topliss-reactive ketones (excluding diaryl/α,β-unsaturated/α-hetero) is 1. The summed E-state index contributed by atoms with van der Waals surface area (Å²) in [6, 6.07) is 0. The highest BCUT2D eigenvalue weighted by molar-refractivity contribution is 7.10. The second-order valence-electron chi connectivity index (χ2n) is 3.54. The number of nitrogens with one attached hydrogen (secondary N) is 1. The highest BCUT2D eigenvalue weighted by Gasteiger charge is 2.14. The van der Waals surface area contributed by atoms with Crippen molar-refractivity contribution >= 4 is 22.3 Å². The number of aromatic nitrogens is 3. The van der Waals surface area contributed by atoms with Crippen molar-refractivity contribution in [3.05, 3.63) is 23.5 Å². The summed E-state index contributed by atoms with van der Waals surface area (Å²) in [4.78, 5) is 15.3. The van der Waals surface area contributed by atoms with Crippen molar-refractivity contribution in [2.75, 3.05) is 11.9 Å². The van der Waals surface area contributed by atoms with Crippen LogP contribution in [0.3, 0.4) is 0 Å². The van der Waals surface area contributed by atoms with Gasteiger partial charge in [-0.1, -0.05) is 5.16 Å². The number of rotatable bonds is 5. The van der Waals surface area contributed by atoms with Crippen LogP contribution in [0.15, 0.2) is 10.9 Å². The van der Waals surface area contributed by atoms with Crippen molar-refractivity contribution in [1.29, 1.82) is 0 Å². The van der Waals surface area contributed by atoms with E-state index >= 15 is 0 Å². The molecule has 2 heterocycles. The lowest BCUT2D eigenvalue weighted by Crippen LogP contribution is -2.07. The molecule has 17 heavy (non-hydrogen) atoms. The van der Waals surface area contributed by atoms with Gasteiger partial charge in [0.1, 0.15) is 5.00 Å². The van der Waals surface area contributed by atoms with E-state index in [-0.39, 0.29) is 5.78 Å². The zero-order valence-electron chi connectivity index (χ0n) is 9.56. The van der Waals surface area contributed by atoms with Crippen LogP contribution < -0.4 is 5.32 Å². The Morgan fingerprint density at radius 3 is 3.06 bits per heavy atom. The predicted molar refractivity (Wildman–Crippen MR) is 63.3 cm³/mol. The molecule has 0 radical (unpaired) electrons. The largest absolute Gasteiger partial charge is 0.375 e. The molecule has 0 aliphatic rings. The summed E-state index contributed by atoms with van der Waals surface area (Å²) in [7, 11) is 0. The summed E-state index contributed by atoms with van der Waals surface area (Å²) in [5.74, 6) is 0.597. The molecule has 0 fully saturated rings. The maximum absolute atomic E-state index is 11.4. The lowest BCUT2D eigenvalue weighted by molar-refractivity contribution is 0.101. The fraction of sp³-hybridized carbons (Fsp3) is 0.400. The van der Waals surface area contributed by atoms with Crippen molar-refractivity contribution in [2.45, 2.75) is 20.3 Å². The van der Waals surface area contributed by atoms with Gasteiger partial charge in [-0.3, -0.25) is 4.79 Å². The molecule has 2 aromatic heterocycles.